The average Bonchev–Trinajstić information content (AvgIpc) is 3.62. The maximum absolute atomic E-state index is 12.8. The second-order valence-electron chi connectivity index (χ2n) is 8.53. The molecule has 0 atom stereocenters. The molecule has 3 heterocycles. The Labute approximate surface area is 212 Å². The molecule has 11 nitrogen and oxygen atoms in total. The highest BCUT2D eigenvalue weighted by Gasteiger charge is 2.19. The standard InChI is InChI=1S/C26H24N8O3/c1-16-13-22(18(3)34(16)23-14-17(2)37-31-23)26(36)29-28-25(35)21-11-9-19(10-12-21)15-33-30-24(27-32-33)20-7-5-4-6-8-20/h4-14H,15H2,1-3H3,(H,28,35)(H,29,36). The summed E-state index contributed by atoms with van der Waals surface area (Å²) >= 11 is 0. The van der Waals surface area contributed by atoms with Gasteiger partial charge in [0.15, 0.2) is 5.82 Å². The molecule has 2 aromatic carbocycles. The number of tetrazole rings is 1. The van der Waals surface area contributed by atoms with Crippen molar-refractivity contribution in [3.05, 3.63) is 101 Å². The molecule has 0 aliphatic heterocycles. The van der Waals surface area contributed by atoms with E-state index in [9.17, 15) is 9.59 Å². The summed E-state index contributed by atoms with van der Waals surface area (Å²) in [5, 5.41) is 16.6. The van der Waals surface area contributed by atoms with Crippen molar-refractivity contribution >= 4 is 11.8 Å². The monoisotopic (exact) mass is 496 g/mol. The fraction of sp³-hybridized carbons (Fsp3) is 0.154. The Hall–Kier alpha value is -5.06. The molecule has 2 amide bonds. The molecule has 0 spiro atoms. The van der Waals surface area contributed by atoms with Crippen LogP contribution in [0, 0.1) is 20.8 Å². The Morgan fingerprint density at radius 3 is 2.35 bits per heavy atom. The molecular formula is C26H24N8O3. The largest absolute Gasteiger partial charge is 0.360 e. The van der Waals surface area contributed by atoms with E-state index in [4.69, 9.17) is 4.52 Å². The van der Waals surface area contributed by atoms with E-state index in [0.29, 0.717) is 40.8 Å². The van der Waals surface area contributed by atoms with Crippen LogP contribution >= 0.6 is 0 Å². The minimum absolute atomic E-state index is 0.393. The zero-order valence-electron chi connectivity index (χ0n) is 20.5. The van der Waals surface area contributed by atoms with Crippen LogP contribution in [-0.4, -0.2) is 41.7 Å². The minimum Gasteiger partial charge on any atom is -0.360 e. The van der Waals surface area contributed by atoms with Crippen LogP contribution in [0.25, 0.3) is 17.2 Å². The summed E-state index contributed by atoms with van der Waals surface area (Å²) in [5.41, 5.74) is 9.04. The van der Waals surface area contributed by atoms with Crippen molar-refractivity contribution in [3.8, 4) is 17.2 Å². The van der Waals surface area contributed by atoms with Gasteiger partial charge in [-0.05, 0) is 49.7 Å². The van der Waals surface area contributed by atoms with Gasteiger partial charge in [-0.1, -0.05) is 47.6 Å². The lowest BCUT2D eigenvalue weighted by Crippen LogP contribution is -2.41. The Kier molecular flexibility index (Phi) is 6.33. The van der Waals surface area contributed by atoms with E-state index < -0.39 is 11.8 Å². The van der Waals surface area contributed by atoms with Crippen molar-refractivity contribution in [1.82, 2.24) is 40.8 Å². The summed E-state index contributed by atoms with van der Waals surface area (Å²) in [6, 6.07) is 20.1. The topological polar surface area (TPSA) is 133 Å². The lowest BCUT2D eigenvalue weighted by atomic mass is 10.1. The van der Waals surface area contributed by atoms with Crippen LogP contribution in [0.1, 0.15) is 43.4 Å². The highest BCUT2D eigenvalue weighted by Crippen LogP contribution is 2.20. The van der Waals surface area contributed by atoms with E-state index in [1.807, 2.05) is 41.8 Å². The molecule has 0 aliphatic carbocycles. The lowest BCUT2D eigenvalue weighted by molar-refractivity contribution is 0.0846. The Morgan fingerprint density at radius 2 is 1.65 bits per heavy atom. The molecule has 5 rings (SSSR count). The van der Waals surface area contributed by atoms with Crippen molar-refractivity contribution in [2.75, 3.05) is 0 Å². The second kappa shape index (κ2) is 9.90. The molecule has 3 aromatic heterocycles. The predicted octanol–water partition coefficient (Wildman–Crippen LogP) is 3.17. The van der Waals surface area contributed by atoms with Gasteiger partial charge in [-0.25, -0.2) is 0 Å². The number of hydrogen-bond donors (Lipinski definition) is 2. The van der Waals surface area contributed by atoms with Crippen molar-refractivity contribution in [2.45, 2.75) is 27.3 Å². The van der Waals surface area contributed by atoms with Crippen LogP contribution in [0.5, 0.6) is 0 Å². The van der Waals surface area contributed by atoms with Gasteiger partial charge in [0.25, 0.3) is 11.8 Å². The SMILES string of the molecule is Cc1cc(-n2c(C)cc(C(=O)NNC(=O)c3ccc(Cn4nnc(-c5ccccc5)n4)cc3)c2C)no1. The number of nitrogens with one attached hydrogen (secondary N) is 2. The number of benzene rings is 2. The number of nitrogens with zero attached hydrogens (tertiary/aromatic N) is 6. The van der Waals surface area contributed by atoms with Gasteiger partial charge >= 0.3 is 0 Å². The van der Waals surface area contributed by atoms with Gasteiger partial charge in [0.2, 0.25) is 5.82 Å². The van der Waals surface area contributed by atoms with E-state index in [-0.39, 0.29) is 0 Å². The van der Waals surface area contributed by atoms with Crippen LogP contribution in [0.4, 0.5) is 0 Å². The molecule has 5 aromatic rings. The first-order valence-corrected chi connectivity index (χ1v) is 11.5. The molecule has 0 bridgehead atoms. The first kappa shape index (κ1) is 23.7. The summed E-state index contributed by atoms with van der Waals surface area (Å²) in [7, 11) is 0. The van der Waals surface area contributed by atoms with Gasteiger partial charge in [0.1, 0.15) is 5.76 Å². The third-order valence-electron chi connectivity index (χ3n) is 5.83. The molecule has 0 radical (unpaired) electrons. The number of aromatic nitrogens is 6. The highest BCUT2D eigenvalue weighted by molar-refractivity contribution is 5.99. The number of carbonyl (C=O) groups excluding carboxylic acids is 2. The van der Waals surface area contributed by atoms with E-state index >= 15 is 0 Å². The maximum Gasteiger partial charge on any atom is 0.271 e. The zero-order chi connectivity index (χ0) is 25.9. The van der Waals surface area contributed by atoms with E-state index in [1.165, 1.54) is 4.80 Å². The molecule has 0 aliphatic rings. The van der Waals surface area contributed by atoms with Crippen LogP contribution in [0.3, 0.4) is 0 Å². The fourth-order valence-electron chi connectivity index (χ4n) is 3.99. The van der Waals surface area contributed by atoms with Crippen LogP contribution in [-0.2, 0) is 6.54 Å². The zero-order valence-corrected chi connectivity index (χ0v) is 20.5. The molecular weight excluding hydrogens is 472 g/mol. The number of rotatable bonds is 6. The third-order valence-corrected chi connectivity index (χ3v) is 5.83. The van der Waals surface area contributed by atoms with E-state index in [2.05, 4.69) is 31.4 Å². The van der Waals surface area contributed by atoms with Gasteiger partial charge in [-0.2, -0.15) is 4.80 Å². The van der Waals surface area contributed by atoms with Gasteiger partial charge < -0.3 is 4.52 Å². The quantitative estimate of drug-likeness (QED) is 0.345. The summed E-state index contributed by atoms with van der Waals surface area (Å²) in [6.07, 6.45) is 0. The second-order valence-corrected chi connectivity index (χ2v) is 8.53. The highest BCUT2D eigenvalue weighted by atomic mass is 16.5. The first-order chi connectivity index (χ1) is 17.9. The Balaban J connectivity index is 1.19. The van der Waals surface area contributed by atoms with Gasteiger partial charge in [0.05, 0.1) is 12.1 Å². The Morgan fingerprint density at radius 1 is 0.919 bits per heavy atom. The molecule has 0 unspecified atom stereocenters. The predicted molar refractivity (Wildman–Crippen MR) is 134 cm³/mol. The number of amides is 2. The fourth-order valence-corrected chi connectivity index (χ4v) is 3.99. The van der Waals surface area contributed by atoms with Crippen LogP contribution < -0.4 is 10.9 Å². The number of carbonyl (C=O) groups is 2. The number of hydrogen-bond acceptors (Lipinski definition) is 7. The van der Waals surface area contributed by atoms with Crippen molar-refractivity contribution in [1.29, 1.82) is 0 Å². The van der Waals surface area contributed by atoms with Gasteiger partial charge in [-0.15, -0.1) is 10.2 Å². The average molecular weight is 497 g/mol. The number of hydrazine groups is 1. The number of aryl methyl sites for hydroxylation is 2. The van der Waals surface area contributed by atoms with Crippen molar-refractivity contribution in [2.24, 2.45) is 0 Å². The Bertz CT molecular complexity index is 1570. The smallest absolute Gasteiger partial charge is 0.271 e. The van der Waals surface area contributed by atoms with Crippen molar-refractivity contribution in [3.63, 3.8) is 0 Å². The third kappa shape index (κ3) is 5.01. The normalized spacial score (nSPS) is 10.9. The minimum atomic E-state index is -0.439. The maximum atomic E-state index is 12.8. The summed E-state index contributed by atoms with van der Waals surface area (Å²) in [4.78, 5) is 26.9. The molecule has 0 fully saturated rings. The van der Waals surface area contributed by atoms with E-state index in [0.717, 1.165) is 16.8 Å². The molecule has 0 saturated carbocycles. The summed E-state index contributed by atoms with van der Waals surface area (Å²) in [5.74, 6) is 0.931. The lowest BCUT2D eigenvalue weighted by Gasteiger charge is -2.09. The molecule has 186 valence electrons. The van der Waals surface area contributed by atoms with Crippen molar-refractivity contribution < 1.29 is 14.1 Å². The molecule has 11 heteroatoms. The summed E-state index contributed by atoms with van der Waals surface area (Å²) in [6.45, 7) is 5.87. The molecule has 0 saturated heterocycles. The van der Waals surface area contributed by atoms with E-state index in [1.54, 1.807) is 50.2 Å². The van der Waals surface area contributed by atoms with Gasteiger partial charge in [0, 0.05) is 28.6 Å². The summed E-state index contributed by atoms with van der Waals surface area (Å²) < 4.78 is 6.97. The van der Waals surface area contributed by atoms with Gasteiger partial charge in [-0.3, -0.25) is 25.0 Å². The molecule has 2 N–H and O–H groups in total. The first-order valence-electron chi connectivity index (χ1n) is 11.5. The van der Waals surface area contributed by atoms with Crippen LogP contribution in [0.2, 0.25) is 0 Å². The van der Waals surface area contributed by atoms with Crippen LogP contribution in [0.15, 0.2) is 71.3 Å². The molecule has 37 heavy (non-hydrogen) atoms.